The predicted molar refractivity (Wildman–Crippen MR) is 50.6 cm³/mol. The minimum Gasteiger partial charge on any atom is -0.404 e. The lowest BCUT2D eigenvalue weighted by molar-refractivity contribution is -0.274. The minimum absolute atomic E-state index is 0.00106. The van der Waals surface area contributed by atoms with Crippen molar-refractivity contribution in [1.29, 1.82) is 0 Å². The fourth-order valence-corrected chi connectivity index (χ4v) is 1.22. The van der Waals surface area contributed by atoms with Crippen LogP contribution in [0.4, 0.5) is 18.9 Å². The highest BCUT2D eigenvalue weighted by atomic mass is 79.9. The van der Waals surface area contributed by atoms with Gasteiger partial charge in [-0.2, -0.15) is 0 Å². The van der Waals surface area contributed by atoms with Crippen molar-refractivity contribution in [3.63, 3.8) is 0 Å². The first kappa shape index (κ1) is 11.8. The van der Waals surface area contributed by atoms with Gasteiger partial charge >= 0.3 is 6.36 Å². The van der Waals surface area contributed by atoms with Crippen LogP contribution in [-0.4, -0.2) is 12.6 Å². The Morgan fingerprint density at radius 2 is 2.00 bits per heavy atom. The van der Waals surface area contributed by atoms with E-state index >= 15 is 0 Å². The number of anilines is 1. The first-order chi connectivity index (χ1) is 6.83. The SMILES string of the molecule is Nc1cc(C=O)cc(OC(F)(F)F)c1Br. The van der Waals surface area contributed by atoms with Gasteiger partial charge in [0.05, 0.1) is 10.2 Å². The van der Waals surface area contributed by atoms with Gasteiger partial charge in [0.15, 0.2) is 0 Å². The molecule has 0 radical (unpaired) electrons. The molecule has 0 spiro atoms. The Kier molecular flexibility index (Phi) is 3.23. The van der Waals surface area contributed by atoms with Crippen molar-refractivity contribution < 1.29 is 22.7 Å². The van der Waals surface area contributed by atoms with Crippen molar-refractivity contribution in [2.24, 2.45) is 0 Å². The number of ether oxygens (including phenoxy) is 1. The Balaban J connectivity index is 3.16. The molecule has 1 rings (SSSR count). The molecule has 0 heterocycles. The summed E-state index contributed by atoms with van der Waals surface area (Å²) in [7, 11) is 0. The topological polar surface area (TPSA) is 52.3 Å². The highest BCUT2D eigenvalue weighted by Gasteiger charge is 2.32. The molecule has 0 aliphatic heterocycles. The lowest BCUT2D eigenvalue weighted by Gasteiger charge is -2.12. The third-order valence-corrected chi connectivity index (χ3v) is 2.30. The Morgan fingerprint density at radius 3 is 2.47 bits per heavy atom. The largest absolute Gasteiger partial charge is 0.573 e. The van der Waals surface area contributed by atoms with Crippen LogP contribution in [0.5, 0.6) is 5.75 Å². The second kappa shape index (κ2) is 4.09. The van der Waals surface area contributed by atoms with Gasteiger partial charge in [0.1, 0.15) is 12.0 Å². The first-order valence-corrected chi connectivity index (χ1v) is 4.42. The second-order valence-corrected chi connectivity index (χ2v) is 3.38. The number of alkyl halides is 3. The molecule has 82 valence electrons. The lowest BCUT2D eigenvalue weighted by atomic mass is 10.2. The van der Waals surface area contributed by atoms with E-state index in [-0.39, 0.29) is 15.7 Å². The van der Waals surface area contributed by atoms with Crippen LogP contribution in [-0.2, 0) is 0 Å². The molecule has 0 fully saturated rings. The molecule has 0 bridgehead atoms. The molecule has 0 aromatic heterocycles. The highest BCUT2D eigenvalue weighted by molar-refractivity contribution is 9.10. The van der Waals surface area contributed by atoms with Gasteiger partial charge in [-0.1, -0.05) is 0 Å². The molecule has 0 aliphatic rings. The van der Waals surface area contributed by atoms with Gasteiger partial charge < -0.3 is 10.5 Å². The molecule has 15 heavy (non-hydrogen) atoms. The maximum absolute atomic E-state index is 11.9. The Morgan fingerprint density at radius 1 is 1.40 bits per heavy atom. The van der Waals surface area contributed by atoms with Crippen molar-refractivity contribution in [2.75, 3.05) is 5.73 Å². The van der Waals surface area contributed by atoms with Crippen LogP contribution in [0.3, 0.4) is 0 Å². The van der Waals surface area contributed by atoms with Gasteiger partial charge in [-0.3, -0.25) is 4.79 Å². The number of carbonyl (C=O) groups excluding carboxylic acids is 1. The molecule has 7 heteroatoms. The van der Waals surface area contributed by atoms with E-state index in [2.05, 4.69) is 20.7 Å². The van der Waals surface area contributed by atoms with E-state index in [1.54, 1.807) is 0 Å². The molecule has 1 aromatic carbocycles. The maximum Gasteiger partial charge on any atom is 0.573 e. The Hall–Kier alpha value is -1.24. The van der Waals surface area contributed by atoms with Crippen LogP contribution in [0.1, 0.15) is 10.4 Å². The molecule has 3 nitrogen and oxygen atoms in total. The molecule has 0 atom stereocenters. The fourth-order valence-electron chi connectivity index (χ4n) is 0.909. The lowest BCUT2D eigenvalue weighted by Crippen LogP contribution is -2.17. The zero-order chi connectivity index (χ0) is 11.6. The number of hydrogen-bond donors (Lipinski definition) is 1. The van der Waals surface area contributed by atoms with Gasteiger partial charge in [-0.25, -0.2) is 0 Å². The van der Waals surface area contributed by atoms with E-state index in [1.807, 2.05) is 0 Å². The quantitative estimate of drug-likeness (QED) is 0.671. The van der Waals surface area contributed by atoms with Gasteiger partial charge in [0.2, 0.25) is 0 Å². The molecule has 1 aromatic rings. The molecule has 0 saturated heterocycles. The van der Waals surface area contributed by atoms with E-state index in [4.69, 9.17) is 5.73 Å². The van der Waals surface area contributed by atoms with Crippen LogP contribution < -0.4 is 10.5 Å². The molecule has 0 saturated carbocycles. The highest BCUT2D eigenvalue weighted by Crippen LogP contribution is 2.35. The van der Waals surface area contributed by atoms with Crippen LogP contribution in [0.25, 0.3) is 0 Å². The van der Waals surface area contributed by atoms with Crippen molar-refractivity contribution in [3.8, 4) is 5.75 Å². The minimum atomic E-state index is -4.82. The van der Waals surface area contributed by atoms with Crippen LogP contribution in [0, 0.1) is 0 Å². The number of halogens is 4. The predicted octanol–water partition coefficient (Wildman–Crippen LogP) is 2.74. The van der Waals surface area contributed by atoms with Crippen LogP contribution in [0.2, 0.25) is 0 Å². The number of hydrogen-bond acceptors (Lipinski definition) is 3. The molecule has 0 unspecified atom stereocenters. The van der Waals surface area contributed by atoms with E-state index in [9.17, 15) is 18.0 Å². The summed E-state index contributed by atoms with van der Waals surface area (Å²) < 4.78 is 39.4. The average molecular weight is 284 g/mol. The molecule has 0 aliphatic carbocycles. The Labute approximate surface area is 91.1 Å². The van der Waals surface area contributed by atoms with Gasteiger partial charge in [0, 0.05) is 5.56 Å². The summed E-state index contributed by atoms with van der Waals surface area (Å²) in [5.74, 6) is -0.537. The van der Waals surface area contributed by atoms with E-state index in [1.165, 1.54) is 6.07 Å². The number of nitrogen functional groups attached to an aromatic ring is 1. The van der Waals surface area contributed by atoms with Crippen LogP contribution in [0.15, 0.2) is 16.6 Å². The third-order valence-electron chi connectivity index (χ3n) is 1.45. The summed E-state index contributed by atoms with van der Waals surface area (Å²) in [5.41, 5.74) is 5.37. The molecular weight excluding hydrogens is 279 g/mol. The van der Waals surface area contributed by atoms with Crippen molar-refractivity contribution >= 4 is 27.9 Å². The van der Waals surface area contributed by atoms with Gasteiger partial charge in [-0.05, 0) is 28.1 Å². The number of aldehydes is 1. The first-order valence-electron chi connectivity index (χ1n) is 3.63. The number of benzene rings is 1. The average Bonchev–Trinajstić information content (AvgIpc) is 2.10. The summed E-state index contributed by atoms with van der Waals surface area (Å²) >= 11 is 2.83. The van der Waals surface area contributed by atoms with E-state index < -0.39 is 12.1 Å². The summed E-state index contributed by atoms with van der Waals surface area (Å²) in [4.78, 5) is 10.4. The van der Waals surface area contributed by atoms with Gasteiger partial charge in [-0.15, -0.1) is 13.2 Å². The summed E-state index contributed by atoms with van der Waals surface area (Å²) in [6.07, 6.45) is -4.44. The standard InChI is InChI=1S/C8H5BrF3NO2/c9-7-5(13)1-4(3-14)2-6(7)15-8(10,11)12/h1-3H,13H2. The van der Waals surface area contributed by atoms with Crippen molar-refractivity contribution in [1.82, 2.24) is 0 Å². The fraction of sp³-hybridized carbons (Fsp3) is 0.125. The normalized spacial score (nSPS) is 11.2. The third kappa shape index (κ3) is 3.12. The zero-order valence-corrected chi connectivity index (χ0v) is 8.72. The summed E-state index contributed by atoms with van der Waals surface area (Å²) in [5, 5.41) is 0. The molecule has 0 amide bonds. The maximum atomic E-state index is 11.9. The zero-order valence-electron chi connectivity index (χ0n) is 7.14. The number of carbonyl (C=O) groups is 1. The van der Waals surface area contributed by atoms with Crippen LogP contribution >= 0.6 is 15.9 Å². The smallest absolute Gasteiger partial charge is 0.404 e. The molecule has 2 N–H and O–H groups in total. The number of nitrogens with two attached hydrogens (primary N) is 1. The summed E-state index contributed by atoms with van der Waals surface area (Å²) in [6.45, 7) is 0. The van der Waals surface area contributed by atoms with Crippen molar-refractivity contribution in [2.45, 2.75) is 6.36 Å². The van der Waals surface area contributed by atoms with E-state index in [0.29, 0.717) is 6.29 Å². The van der Waals surface area contributed by atoms with Crippen molar-refractivity contribution in [3.05, 3.63) is 22.2 Å². The Bertz CT molecular complexity index is 392. The monoisotopic (exact) mass is 283 g/mol. The summed E-state index contributed by atoms with van der Waals surface area (Å²) in [6, 6.07) is 2.18. The number of rotatable bonds is 2. The van der Waals surface area contributed by atoms with E-state index in [0.717, 1.165) is 6.07 Å². The molecular formula is C8H5BrF3NO2. The van der Waals surface area contributed by atoms with Gasteiger partial charge in [0.25, 0.3) is 0 Å². The second-order valence-electron chi connectivity index (χ2n) is 2.59.